The molecule has 0 bridgehead atoms. The van der Waals surface area contributed by atoms with Gasteiger partial charge >= 0.3 is 0 Å². The molecule has 0 aliphatic carbocycles. The van der Waals surface area contributed by atoms with E-state index in [4.69, 9.17) is 11.6 Å². The Morgan fingerprint density at radius 1 is 1.36 bits per heavy atom. The van der Waals surface area contributed by atoms with Crippen molar-refractivity contribution in [3.05, 3.63) is 27.7 Å². The third-order valence-electron chi connectivity index (χ3n) is 4.16. The number of piperidine rings is 1. The van der Waals surface area contributed by atoms with Crippen LogP contribution in [0.3, 0.4) is 0 Å². The predicted molar refractivity (Wildman–Crippen MR) is 92.9 cm³/mol. The van der Waals surface area contributed by atoms with Crippen molar-refractivity contribution in [3.8, 4) is 0 Å². The number of benzene rings is 1. The fourth-order valence-corrected chi connectivity index (χ4v) is 4.85. The van der Waals surface area contributed by atoms with Gasteiger partial charge in [0.2, 0.25) is 10.0 Å². The Balaban J connectivity index is 1.80. The second kappa shape index (κ2) is 8.11. The third-order valence-corrected chi connectivity index (χ3v) is 6.60. The minimum Gasteiger partial charge on any atom is -0.335 e. The van der Waals surface area contributed by atoms with Crippen molar-refractivity contribution < 1.29 is 13.3 Å². The summed E-state index contributed by atoms with van der Waals surface area (Å²) in [4.78, 5) is 1.72. The summed E-state index contributed by atoms with van der Waals surface area (Å²) in [7, 11) is -3.53. The number of likely N-dealkylation sites (tertiary alicyclic amines) is 1. The minimum absolute atomic E-state index is 0.136. The summed E-state index contributed by atoms with van der Waals surface area (Å²) in [6.07, 6.45) is 3.39. The van der Waals surface area contributed by atoms with Crippen LogP contribution in [0.4, 0.5) is 0 Å². The zero-order valence-electron chi connectivity index (χ0n) is 12.7. The van der Waals surface area contributed by atoms with Gasteiger partial charge in [-0.1, -0.05) is 34.5 Å². The zero-order chi connectivity index (χ0) is 16.2. The summed E-state index contributed by atoms with van der Waals surface area (Å²) in [6.45, 7) is 6.17. The van der Waals surface area contributed by atoms with Crippen LogP contribution < -0.4 is 9.62 Å². The van der Waals surface area contributed by atoms with E-state index in [1.54, 1.807) is 17.0 Å². The highest BCUT2D eigenvalue weighted by Crippen LogP contribution is 2.24. The molecule has 2 N–H and O–H groups in total. The molecular weight excluding hydrogens is 388 g/mol. The van der Waals surface area contributed by atoms with Gasteiger partial charge in [-0.05, 0) is 37.0 Å². The summed E-state index contributed by atoms with van der Waals surface area (Å²) < 4.78 is 27.9. The van der Waals surface area contributed by atoms with E-state index in [1.807, 2.05) is 0 Å². The molecule has 1 saturated heterocycles. The predicted octanol–water partition coefficient (Wildman–Crippen LogP) is 2.09. The Morgan fingerprint density at radius 3 is 2.68 bits per heavy atom. The molecule has 0 atom stereocenters. The number of hydrogen-bond donors (Lipinski definition) is 2. The van der Waals surface area contributed by atoms with Gasteiger partial charge in [0.1, 0.15) is 4.90 Å². The highest BCUT2D eigenvalue weighted by molar-refractivity contribution is 9.10. The zero-order valence-corrected chi connectivity index (χ0v) is 15.9. The fourth-order valence-electron chi connectivity index (χ4n) is 2.74. The molecule has 7 heteroatoms. The largest absolute Gasteiger partial charge is 0.335 e. The summed E-state index contributed by atoms with van der Waals surface area (Å²) in [5.74, 6) is 0.835. The van der Waals surface area contributed by atoms with Gasteiger partial charge in [-0.15, -0.1) is 0 Å². The lowest BCUT2D eigenvalue weighted by atomic mass is 9.99. The fraction of sp³-hybridized carbons (Fsp3) is 0.600. The number of nitrogens with one attached hydrogen (secondary N) is 2. The van der Waals surface area contributed by atoms with E-state index in [9.17, 15) is 8.42 Å². The molecule has 4 nitrogen and oxygen atoms in total. The van der Waals surface area contributed by atoms with Crippen molar-refractivity contribution in [2.75, 3.05) is 26.2 Å². The molecule has 1 aromatic carbocycles. The van der Waals surface area contributed by atoms with Crippen molar-refractivity contribution in [1.29, 1.82) is 0 Å². The second-order valence-corrected chi connectivity index (χ2v) is 9.07. The molecule has 2 rings (SSSR count). The molecule has 0 saturated carbocycles. The molecule has 0 spiro atoms. The van der Waals surface area contributed by atoms with Crippen LogP contribution in [0, 0.1) is 5.92 Å². The quantitative estimate of drug-likeness (QED) is 0.706. The lowest BCUT2D eigenvalue weighted by Gasteiger charge is -2.27. The van der Waals surface area contributed by atoms with Gasteiger partial charge in [-0.25, -0.2) is 13.1 Å². The number of rotatable bonds is 6. The second-order valence-electron chi connectivity index (χ2n) is 6.01. The van der Waals surface area contributed by atoms with E-state index in [2.05, 4.69) is 27.6 Å². The van der Waals surface area contributed by atoms with Gasteiger partial charge in [0.05, 0.1) is 24.7 Å². The molecule has 1 aromatic rings. The van der Waals surface area contributed by atoms with E-state index in [0.29, 0.717) is 6.54 Å². The Labute approximate surface area is 146 Å². The minimum atomic E-state index is -3.53. The van der Waals surface area contributed by atoms with Crippen LogP contribution in [-0.2, 0) is 10.0 Å². The first-order valence-electron chi connectivity index (χ1n) is 7.67. The van der Waals surface area contributed by atoms with Gasteiger partial charge in [0.15, 0.2) is 0 Å². The Bertz CT molecular complexity index is 602. The molecule has 1 heterocycles. The standard InChI is InChI=1S/C15H22BrClN2O2S/c1-12-5-9-19(10-6-12)8-2-7-18-22(20,21)15-4-3-13(16)11-14(15)17/h3-4,11-12,18H,2,5-10H2,1H3/p+1. The van der Waals surface area contributed by atoms with Crippen LogP contribution in [0.1, 0.15) is 26.2 Å². The molecule has 0 aromatic heterocycles. The van der Waals surface area contributed by atoms with Crippen LogP contribution in [0.15, 0.2) is 27.6 Å². The van der Waals surface area contributed by atoms with Gasteiger partial charge in [-0.2, -0.15) is 0 Å². The number of quaternary nitrogens is 1. The van der Waals surface area contributed by atoms with E-state index in [0.717, 1.165) is 23.4 Å². The Kier molecular flexibility index (Phi) is 6.71. The molecule has 1 aliphatic rings. The Hall–Kier alpha value is -0.140. The van der Waals surface area contributed by atoms with Crippen LogP contribution >= 0.6 is 27.5 Å². The lowest BCUT2D eigenvalue weighted by Crippen LogP contribution is -3.13. The normalized spacial score (nSPS) is 22.7. The number of halogens is 2. The van der Waals surface area contributed by atoms with Crippen LogP contribution in [0.5, 0.6) is 0 Å². The summed E-state index contributed by atoms with van der Waals surface area (Å²) in [5, 5.41) is 0.234. The van der Waals surface area contributed by atoms with E-state index in [-0.39, 0.29) is 9.92 Å². The molecule has 1 fully saturated rings. The average molecular weight is 411 g/mol. The molecule has 124 valence electrons. The molecule has 1 aliphatic heterocycles. The monoisotopic (exact) mass is 409 g/mol. The summed E-state index contributed by atoms with van der Waals surface area (Å²) in [6, 6.07) is 4.79. The maximum absolute atomic E-state index is 12.2. The van der Waals surface area contributed by atoms with Crippen molar-refractivity contribution in [2.45, 2.75) is 31.1 Å². The molecule has 0 radical (unpaired) electrons. The Morgan fingerprint density at radius 2 is 2.05 bits per heavy atom. The highest BCUT2D eigenvalue weighted by Gasteiger charge is 2.20. The maximum Gasteiger partial charge on any atom is 0.242 e. The first-order chi connectivity index (χ1) is 10.4. The van der Waals surface area contributed by atoms with Crippen molar-refractivity contribution in [1.82, 2.24) is 4.72 Å². The van der Waals surface area contributed by atoms with Gasteiger partial charge < -0.3 is 4.90 Å². The van der Waals surface area contributed by atoms with Crippen LogP contribution in [-0.4, -0.2) is 34.6 Å². The smallest absolute Gasteiger partial charge is 0.242 e. The van der Waals surface area contributed by atoms with Crippen molar-refractivity contribution >= 4 is 37.6 Å². The van der Waals surface area contributed by atoms with Gasteiger partial charge in [0.25, 0.3) is 0 Å². The summed E-state index contributed by atoms with van der Waals surface area (Å²) in [5.41, 5.74) is 0. The molecule has 22 heavy (non-hydrogen) atoms. The molecule has 0 unspecified atom stereocenters. The highest BCUT2D eigenvalue weighted by atomic mass is 79.9. The average Bonchev–Trinajstić information content (AvgIpc) is 2.45. The van der Waals surface area contributed by atoms with Crippen LogP contribution in [0.2, 0.25) is 5.02 Å². The first kappa shape index (κ1) is 18.2. The number of sulfonamides is 1. The maximum atomic E-state index is 12.2. The van der Waals surface area contributed by atoms with E-state index >= 15 is 0 Å². The number of hydrogen-bond acceptors (Lipinski definition) is 2. The van der Waals surface area contributed by atoms with E-state index in [1.165, 1.54) is 32.0 Å². The van der Waals surface area contributed by atoms with Crippen LogP contribution in [0.25, 0.3) is 0 Å². The SMILES string of the molecule is CC1CC[NH+](CCCNS(=O)(=O)c2ccc(Br)cc2Cl)CC1. The lowest BCUT2D eigenvalue weighted by molar-refractivity contribution is -0.906. The van der Waals surface area contributed by atoms with Crippen molar-refractivity contribution in [3.63, 3.8) is 0 Å². The van der Waals surface area contributed by atoms with Gasteiger partial charge in [-0.3, -0.25) is 0 Å². The van der Waals surface area contributed by atoms with Crippen molar-refractivity contribution in [2.24, 2.45) is 5.92 Å². The third kappa shape index (κ3) is 5.20. The topological polar surface area (TPSA) is 50.6 Å². The first-order valence-corrected chi connectivity index (χ1v) is 10.3. The summed E-state index contributed by atoms with van der Waals surface area (Å²) >= 11 is 9.28. The molecule has 0 amide bonds. The van der Waals surface area contributed by atoms with Gasteiger partial charge in [0, 0.05) is 17.4 Å². The van der Waals surface area contributed by atoms with E-state index < -0.39 is 10.0 Å². The molecular formula is C15H23BrClN2O2S+.